The summed E-state index contributed by atoms with van der Waals surface area (Å²) in [4.78, 5) is 0.237. The van der Waals surface area contributed by atoms with E-state index in [-0.39, 0.29) is 11.4 Å². The molecule has 4 aromatic rings. The maximum Gasteiger partial charge on any atom is 0.265 e. The molecule has 8 heteroatoms. The van der Waals surface area contributed by atoms with Gasteiger partial charge in [-0.25, -0.2) is 12.7 Å². The number of hydrogen-bond donors (Lipinski definition) is 0. The summed E-state index contributed by atoms with van der Waals surface area (Å²) in [6, 6.07) is 18.4. The third kappa shape index (κ3) is 3.13. The van der Waals surface area contributed by atoms with Crippen molar-refractivity contribution in [2.75, 3.05) is 25.6 Å². The molecule has 5 rings (SSSR count). The molecule has 0 amide bonds. The molecule has 0 radical (unpaired) electrons. The molecule has 7 nitrogen and oxygen atoms in total. The molecule has 0 atom stereocenters. The topological polar surface area (TPSA) is 70.0 Å². The van der Waals surface area contributed by atoms with Crippen LogP contribution < -0.4 is 18.5 Å². The maximum absolute atomic E-state index is 13.8. The molecule has 2 heterocycles. The molecule has 1 aliphatic rings. The molecule has 0 fully saturated rings. The van der Waals surface area contributed by atoms with E-state index in [1.54, 1.807) is 45.6 Å². The van der Waals surface area contributed by atoms with E-state index in [9.17, 15) is 8.42 Å². The van der Waals surface area contributed by atoms with Gasteiger partial charge in [-0.15, -0.1) is 0 Å². The van der Waals surface area contributed by atoms with Crippen LogP contribution in [0.4, 0.5) is 5.82 Å². The van der Waals surface area contributed by atoms with Crippen molar-refractivity contribution in [3.63, 3.8) is 0 Å². The Labute approximate surface area is 192 Å². The van der Waals surface area contributed by atoms with Crippen LogP contribution in [0.3, 0.4) is 0 Å². The number of aromatic nitrogens is 1. The molecule has 33 heavy (non-hydrogen) atoms. The second kappa shape index (κ2) is 7.74. The number of rotatable bonds is 5. The largest absolute Gasteiger partial charge is 0.493 e. The van der Waals surface area contributed by atoms with Gasteiger partial charge in [-0.1, -0.05) is 35.9 Å². The van der Waals surface area contributed by atoms with Crippen molar-refractivity contribution >= 4 is 26.7 Å². The van der Waals surface area contributed by atoms with Crippen molar-refractivity contribution < 1.29 is 22.6 Å². The van der Waals surface area contributed by atoms with Crippen molar-refractivity contribution in [1.82, 2.24) is 4.57 Å². The molecule has 0 unspecified atom stereocenters. The molecule has 0 spiro atoms. The number of hydrogen-bond acceptors (Lipinski definition) is 5. The Morgan fingerprint density at radius 3 is 2.21 bits per heavy atom. The van der Waals surface area contributed by atoms with Gasteiger partial charge in [0.05, 0.1) is 44.0 Å². The SMILES string of the molecule is COc1cc2c(c(OC)c1OC)-n1c(cc3ccccc31)N(S(=O)(=O)c1ccc(C)cc1)C2. The Hall–Kier alpha value is -3.65. The predicted octanol–water partition coefficient (Wildman–Crippen LogP) is 4.67. The maximum atomic E-state index is 13.8. The minimum Gasteiger partial charge on any atom is -0.493 e. The smallest absolute Gasteiger partial charge is 0.265 e. The number of aryl methyl sites for hydroxylation is 1. The van der Waals surface area contributed by atoms with Gasteiger partial charge < -0.3 is 14.2 Å². The number of methoxy groups -OCH3 is 3. The van der Waals surface area contributed by atoms with Crippen molar-refractivity contribution in [2.45, 2.75) is 18.4 Å². The first kappa shape index (κ1) is 21.2. The first-order valence-corrected chi connectivity index (χ1v) is 11.9. The molecule has 0 aliphatic carbocycles. The summed E-state index contributed by atoms with van der Waals surface area (Å²) in [5.74, 6) is 1.95. The van der Waals surface area contributed by atoms with Crippen LogP contribution in [0.25, 0.3) is 16.6 Å². The Bertz CT molecular complexity index is 1470. The van der Waals surface area contributed by atoms with E-state index in [1.165, 1.54) is 4.31 Å². The first-order valence-electron chi connectivity index (χ1n) is 10.4. The predicted molar refractivity (Wildman–Crippen MR) is 127 cm³/mol. The molecule has 0 saturated heterocycles. The highest BCUT2D eigenvalue weighted by atomic mass is 32.2. The van der Waals surface area contributed by atoms with Crippen LogP contribution in [-0.4, -0.2) is 34.3 Å². The average molecular weight is 465 g/mol. The van der Waals surface area contributed by atoms with Crippen LogP contribution in [0.15, 0.2) is 65.6 Å². The van der Waals surface area contributed by atoms with Crippen LogP contribution in [0, 0.1) is 6.92 Å². The average Bonchev–Trinajstić information content (AvgIpc) is 3.21. The molecule has 170 valence electrons. The van der Waals surface area contributed by atoms with Gasteiger partial charge in [-0.3, -0.25) is 4.57 Å². The molecule has 0 N–H and O–H groups in total. The van der Waals surface area contributed by atoms with Crippen LogP contribution >= 0.6 is 0 Å². The van der Waals surface area contributed by atoms with E-state index in [0.29, 0.717) is 23.1 Å². The van der Waals surface area contributed by atoms with Crippen LogP contribution in [0.1, 0.15) is 11.1 Å². The molecule has 0 bridgehead atoms. The zero-order chi connectivity index (χ0) is 23.3. The Morgan fingerprint density at radius 2 is 1.55 bits per heavy atom. The minimum atomic E-state index is -3.84. The van der Waals surface area contributed by atoms with E-state index >= 15 is 0 Å². The lowest BCUT2D eigenvalue weighted by molar-refractivity contribution is 0.323. The third-order valence-electron chi connectivity index (χ3n) is 5.98. The zero-order valence-electron chi connectivity index (χ0n) is 18.8. The fraction of sp³-hybridized carbons (Fsp3) is 0.200. The van der Waals surface area contributed by atoms with Gasteiger partial charge >= 0.3 is 0 Å². The van der Waals surface area contributed by atoms with Crippen molar-refractivity contribution in [3.8, 4) is 22.9 Å². The highest BCUT2D eigenvalue weighted by Gasteiger charge is 2.36. The van der Waals surface area contributed by atoms with Gasteiger partial charge in [0.25, 0.3) is 10.0 Å². The number of sulfonamides is 1. The second-order valence-electron chi connectivity index (χ2n) is 7.87. The molecular formula is C25H24N2O5S. The summed E-state index contributed by atoms with van der Waals surface area (Å²) < 4.78 is 47.9. The number of ether oxygens (including phenoxy) is 3. The standard InChI is InChI=1S/C25H24N2O5S/c1-16-9-11-19(12-10-16)33(28,29)26-15-18-13-21(30-2)24(31-3)25(32-4)23(18)27-20-8-6-5-7-17(20)14-22(26)27/h5-14H,15H2,1-4H3. The zero-order valence-corrected chi connectivity index (χ0v) is 19.6. The van der Waals surface area contributed by atoms with Crippen LogP contribution in [-0.2, 0) is 16.6 Å². The number of nitrogens with zero attached hydrogens (tertiary/aromatic N) is 2. The quantitative estimate of drug-likeness (QED) is 0.429. The molecule has 1 aromatic heterocycles. The van der Waals surface area contributed by atoms with E-state index < -0.39 is 10.0 Å². The van der Waals surface area contributed by atoms with E-state index in [0.717, 1.165) is 27.7 Å². The molecular weight excluding hydrogens is 440 g/mol. The monoisotopic (exact) mass is 464 g/mol. The Morgan fingerprint density at radius 1 is 0.848 bits per heavy atom. The van der Waals surface area contributed by atoms with E-state index in [1.807, 2.05) is 47.9 Å². The Balaban J connectivity index is 1.84. The Kier molecular flexibility index (Phi) is 4.97. The van der Waals surface area contributed by atoms with Crippen molar-refractivity contribution in [2.24, 2.45) is 0 Å². The summed E-state index contributed by atoms with van der Waals surface area (Å²) in [5.41, 5.74) is 3.34. The summed E-state index contributed by atoms with van der Waals surface area (Å²) in [6.07, 6.45) is 0. The first-order chi connectivity index (χ1) is 15.9. The highest BCUT2D eigenvalue weighted by Crippen LogP contribution is 2.49. The number of anilines is 1. The van der Waals surface area contributed by atoms with E-state index in [2.05, 4.69) is 0 Å². The van der Waals surface area contributed by atoms with E-state index in [4.69, 9.17) is 14.2 Å². The van der Waals surface area contributed by atoms with Gasteiger partial charge in [0.15, 0.2) is 11.5 Å². The van der Waals surface area contributed by atoms with Crippen LogP contribution in [0.2, 0.25) is 0 Å². The summed E-state index contributed by atoms with van der Waals surface area (Å²) in [6.45, 7) is 2.05. The summed E-state index contributed by atoms with van der Waals surface area (Å²) in [5, 5.41) is 0.918. The fourth-order valence-electron chi connectivity index (χ4n) is 4.40. The van der Waals surface area contributed by atoms with Gasteiger partial charge in [-0.2, -0.15) is 0 Å². The van der Waals surface area contributed by atoms with Crippen molar-refractivity contribution in [3.05, 3.63) is 71.8 Å². The van der Waals surface area contributed by atoms with Gasteiger partial charge in [0.1, 0.15) is 5.82 Å². The number of para-hydroxylation sites is 1. The number of fused-ring (bicyclic) bond motifs is 5. The normalized spacial score (nSPS) is 12.9. The van der Waals surface area contributed by atoms with Crippen molar-refractivity contribution in [1.29, 1.82) is 0 Å². The minimum absolute atomic E-state index is 0.124. The van der Waals surface area contributed by atoms with Crippen LogP contribution in [0.5, 0.6) is 17.2 Å². The van der Waals surface area contributed by atoms with Gasteiger partial charge in [0.2, 0.25) is 5.75 Å². The summed E-state index contributed by atoms with van der Waals surface area (Å²) >= 11 is 0. The molecule has 0 saturated carbocycles. The highest BCUT2D eigenvalue weighted by molar-refractivity contribution is 7.92. The lowest BCUT2D eigenvalue weighted by Gasteiger charge is -2.33. The molecule has 3 aromatic carbocycles. The fourth-order valence-corrected chi connectivity index (χ4v) is 5.82. The lowest BCUT2D eigenvalue weighted by atomic mass is 10.1. The third-order valence-corrected chi connectivity index (χ3v) is 7.74. The van der Waals surface area contributed by atoms with Gasteiger partial charge in [-0.05, 0) is 37.3 Å². The molecule has 1 aliphatic heterocycles. The number of benzene rings is 3. The summed E-state index contributed by atoms with van der Waals surface area (Å²) in [7, 11) is 0.829. The van der Waals surface area contributed by atoms with Gasteiger partial charge in [0, 0.05) is 10.9 Å². The lowest BCUT2D eigenvalue weighted by Crippen LogP contribution is -2.35. The second-order valence-corrected chi connectivity index (χ2v) is 9.74.